The fraction of sp³-hybridized carbons (Fsp3) is 0.500. The van der Waals surface area contributed by atoms with Crippen LogP contribution in [0.5, 0.6) is 5.75 Å². The number of hydrogen-bond acceptors (Lipinski definition) is 5. The van der Waals surface area contributed by atoms with E-state index in [1.54, 1.807) is 0 Å². The van der Waals surface area contributed by atoms with Gasteiger partial charge >= 0.3 is 0 Å². The molecule has 1 aliphatic rings. The highest BCUT2D eigenvalue weighted by Gasteiger charge is 2.31. The molecule has 21 heavy (non-hydrogen) atoms. The Morgan fingerprint density at radius 2 is 2.14 bits per heavy atom. The van der Waals surface area contributed by atoms with E-state index in [0.29, 0.717) is 6.54 Å². The van der Waals surface area contributed by atoms with Crippen molar-refractivity contribution in [2.24, 2.45) is 17.6 Å². The van der Waals surface area contributed by atoms with E-state index >= 15 is 0 Å². The summed E-state index contributed by atoms with van der Waals surface area (Å²) < 4.78 is 0. The van der Waals surface area contributed by atoms with Crippen LogP contribution in [0, 0.1) is 22.0 Å². The van der Waals surface area contributed by atoms with Crippen molar-refractivity contribution < 1.29 is 14.8 Å². The number of rotatable bonds is 4. The zero-order valence-corrected chi connectivity index (χ0v) is 11.6. The Hall–Kier alpha value is -2.15. The third-order valence-corrected chi connectivity index (χ3v) is 3.98. The largest absolute Gasteiger partial charge is 0.508 e. The molecule has 1 amide bonds. The van der Waals surface area contributed by atoms with Gasteiger partial charge in [0.1, 0.15) is 11.4 Å². The summed E-state index contributed by atoms with van der Waals surface area (Å²) in [6, 6.07) is 3.67. The Labute approximate surface area is 122 Å². The van der Waals surface area contributed by atoms with Crippen molar-refractivity contribution in [1.82, 2.24) is 0 Å². The molecule has 1 aliphatic carbocycles. The van der Waals surface area contributed by atoms with Crippen molar-refractivity contribution in [3.8, 4) is 5.75 Å². The first-order valence-corrected chi connectivity index (χ1v) is 7.01. The predicted octanol–water partition coefficient (Wildman–Crippen LogP) is 2.00. The first-order chi connectivity index (χ1) is 10.0. The summed E-state index contributed by atoms with van der Waals surface area (Å²) in [6.45, 7) is 0.440. The lowest BCUT2D eigenvalue weighted by molar-refractivity contribution is -0.384. The van der Waals surface area contributed by atoms with E-state index in [-0.39, 0.29) is 34.9 Å². The minimum absolute atomic E-state index is 0.101. The zero-order chi connectivity index (χ0) is 15.4. The van der Waals surface area contributed by atoms with E-state index in [9.17, 15) is 20.0 Å². The molecule has 7 heteroatoms. The second kappa shape index (κ2) is 6.53. The number of nitrogens with one attached hydrogen (secondary N) is 1. The molecule has 2 unspecified atom stereocenters. The van der Waals surface area contributed by atoms with Gasteiger partial charge in [-0.2, -0.15) is 0 Å². The number of nitrogens with two attached hydrogens (primary N) is 1. The summed E-state index contributed by atoms with van der Waals surface area (Å²) in [5.74, 6) is -0.539. The van der Waals surface area contributed by atoms with E-state index in [4.69, 9.17) is 5.73 Å². The van der Waals surface area contributed by atoms with Gasteiger partial charge in [0, 0.05) is 5.92 Å². The minimum Gasteiger partial charge on any atom is -0.508 e. The third kappa shape index (κ3) is 3.49. The molecule has 0 radical (unpaired) electrons. The van der Waals surface area contributed by atoms with Crippen molar-refractivity contribution in [3.63, 3.8) is 0 Å². The highest BCUT2D eigenvalue weighted by molar-refractivity contribution is 5.95. The molecule has 0 aromatic heterocycles. The summed E-state index contributed by atoms with van der Waals surface area (Å²) in [4.78, 5) is 22.7. The van der Waals surface area contributed by atoms with Gasteiger partial charge in [-0.05, 0) is 37.4 Å². The molecule has 0 bridgehead atoms. The summed E-state index contributed by atoms with van der Waals surface area (Å²) in [6.07, 6.45) is 3.68. The molecule has 7 nitrogen and oxygen atoms in total. The van der Waals surface area contributed by atoms with E-state index in [1.165, 1.54) is 12.1 Å². The fourth-order valence-corrected chi connectivity index (χ4v) is 2.84. The SMILES string of the molecule is NCC1CCCCC1C(=O)Nc1ccc(O)cc1[N+](=O)[O-]. The number of phenolic OH excluding ortho intramolecular Hbond substituents is 1. The van der Waals surface area contributed by atoms with Crippen LogP contribution in [0.1, 0.15) is 25.7 Å². The topological polar surface area (TPSA) is 118 Å². The van der Waals surface area contributed by atoms with Gasteiger partial charge in [-0.15, -0.1) is 0 Å². The number of nitro benzene ring substituents is 1. The number of nitro groups is 1. The van der Waals surface area contributed by atoms with Gasteiger partial charge in [0.2, 0.25) is 5.91 Å². The van der Waals surface area contributed by atoms with Crippen LogP contribution in [0.15, 0.2) is 18.2 Å². The molecule has 1 aromatic rings. The van der Waals surface area contributed by atoms with Crippen LogP contribution in [0.3, 0.4) is 0 Å². The molecule has 0 heterocycles. The van der Waals surface area contributed by atoms with Crippen molar-refractivity contribution in [2.75, 3.05) is 11.9 Å². The number of carbonyl (C=O) groups excluding carboxylic acids is 1. The van der Waals surface area contributed by atoms with E-state index in [2.05, 4.69) is 5.32 Å². The van der Waals surface area contributed by atoms with Gasteiger partial charge in [0.05, 0.1) is 11.0 Å². The van der Waals surface area contributed by atoms with Crippen LogP contribution in [-0.2, 0) is 4.79 Å². The molecule has 0 saturated heterocycles. The van der Waals surface area contributed by atoms with Gasteiger partial charge < -0.3 is 16.2 Å². The number of aromatic hydroxyl groups is 1. The highest BCUT2D eigenvalue weighted by Crippen LogP contribution is 2.33. The fourth-order valence-electron chi connectivity index (χ4n) is 2.84. The van der Waals surface area contributed by atoms with Crippen LogP contribution in [0.2, 0.25) is 0 Å². The maximum Gasteiger partial charge on any atom is 0.296 e. The summed E-state index contributed by atoms with van der Waals surface area (Å²) in [7, 11) is 0. The molecule has 0 aliphatic heterocycles. The van der Waals surface area contributed by atoms with Crippen molar-refractivity contribution >= 4 is 17.3 Å². The molecular weight excluding hydrogens is 274 g/mol. The number of hydrogen-bond donors (Lipinski definition) is 3. The van der Waals surface area contributed by atoms with Crippen LogP contribution < -0.4 is 11.1 Å². The lowest BCUT2D eigenvalue weighted by Gasteiger charge is -2.29. The maximum atomic E-state index is 12.3. The van der Waals surface area contributed by atoms with Crippen LogP contribution in [0.4, 0.5) is 11.4 Å². The predicted molar refractivity (Wildman–Crippen MR) is 77.9 cm³/mol. The van der Waals surface area contributed by atoms with Crippen LogP contribution >= 0.6 is 0 Å². The molecule has 0 spiro atoms. The molecule has 1 aromatic carbocycles. The van der Waals surface area contributed by atoms with Crippen molar-refractivity contribution in [2.45, 2.75) is 25.7 Å². The van der Waals surface area contributed by atoms with E-state index < -0.39 is 4.92 Å². The smallest absolute Gasteiger partial charge is 0.296 e. The van der Waals surface area contributed by atoms with Crippen LogP contribution in [-0.4, -0.2) is 22.5 Å². The number of amides is 1. The summed E-state index contributed by atoms with van der Waals surface area (Å²) in [5.41, 5.74) is 5.49. The van der Waals surface area contributed by atoms with Gasteiger partial charge in [0.25, 0.3) is 5.69 Å². The molecule has 1 fully saturated rings. The van der Waals surface area contributed by atoms with Gasteiger partial charge in [-0.25, -0.2) is 0 Å². The molecule has 2 atom stereocenters. The number of nitrogens with zero attached hydrogens (tertiary/aromatic N) is 1. The van der Waals surface area contributed by atoms with Gasteiger partial charge in [0.15, 0.2) is 0 Å². The van der Waals surface area contributed by atoms with E-state index in [1.807, 2.05) is 0 Å². The first kappa shape index (κ1) is 15.2. The lowest BCUT2D eigenvalue weighted by Crippen LogP contribution is -2.35. The Bertz CT molecular complexity index is 547. The zero-order valence-electron chi connectivity index (χ0n) is 11.6. The number of anilines is 1. The molecule has 4 N–H and O–H groups in total. The Kier molecular flexibility index (Phi) is 4.74. The quantitative estimate of drug-likeness (QED) is 0.445. The average molecular weight is 293 g/mol. The number of phenols is 1. The van der Waals surface area contributed by atoms with Gasteiger partial charge in [-0.3, -0.25) is 14.9 Å². The standard InChI is InChI=1S/C14H19N3O4/c15-8-9-3-1-2-4-11(9)14(19)16-12-6-5-10(18)7-13(12)17(20)21/h5-7,9,11,18H,1-4,8,15H2,(H,16,19). The van der Waals surface area contributed by atoms with Crippen molar-refractivity contribution in [3.05, 3.63) is 28.3 Å². The van der Waals surface area contributed by atoms with Gasteiger partial charge in [-0.1, -0.05) is 12.8 Å². The molecule has 2 rings (SSSR count). The summed E-state index contributed by atoms with van der Waals surface area (Å²) >= 11 is 0. The monoisotopic (exact) mass is 293 g/mol. The Morgan fingerprint density at radius 1 is 1.43 bits per heavy atom. The maximum absolute atomic E-state index is 12.3. The second-order valence-electron chi connectivity index (χ2n) is 5.33. The van der Waals surface area contributed by atoms with Crippen molar-refractivity contribution in [1.29, 1.82) is 0 Å². The van der Waals surface area contributed by atoms with E-state index in [0.717, 1.165) is 31.7 Å². The number of carbonyl (C=O) groups is 1. The summed E-state index contributed by atoms with van der Waals surface area (Å²) in [5, 5.41) is 22.9. The molecular formula is C14H19N3O4. The first-order valence-electron chi connectivity index (χ1n) is 7.01. The number of benzene rings is 1. The lowest BCUT2D eigenvalue weighted by atomic mass is 9.78. The normalized spacial score (nSPS) is 21.8. The molecule has 114 valence electrons. The average Bonchev–Trinajstić information content (AvgIpc) is 2.48. The Morgan fingerprint density at radius 3 is 2.81 bits per heavy atom. The third-order valence-electron chi connectivity index (χ3n) is 3.98. The Balaban J connectivity index is 2.17. The minimum atomic E-state index is -0.628. The second-order valence-corrected chi connectivity index (χ2v) is 5.33. The van der Waals surface area contributed by atoms with Crippen LogP contribution in [0.25, 0.3) is 0 Å². The highest BCUT2D eigenvalue weighted by atomic mass is 16.6. The molecule has 1 saturated carbocycles.